The van der Waals surface area contributed by atoms with E-state index in [9.17, 15) is 13.2 Å². The van der Waals surface area contributed by atoms with Crippen LogP contribution in [0.15, 0.2) is 6.07 Å². The van der Waals surface area contributed by atoms with Crippen molar-refractivity contribution in [3.05, 3.63) is 28.0 Å². The molecule has 76 valence electrons. The van der Waals surface area contributed by atoms with Gasteiger partial charge in [0.05, 0.1) is 11.1 Å². The van der Waals surface area contributed by atoms with Gasteiger partial charge in [0, 0.05) is 0 Å². The van der Waals surface area contributed by atoms with Crippen molar-refractivity contribution in [2.75, 3.05) is 0 Å². The molecule has 0 fully saturated rings. The summed E-state index contributed by atoms with van der Waals surface area (Å²) in [6.07, 6.45) is -4.76. The zero-order chi connectivity index (χ0) is 11.6. The lowest BCUT2D eigenvalue weighted by Crippen LogP contribution is -2.11. The third-order valence-corrected chi connectivity index (χ3v) is 1.77. The molecule has 0 aliphatic rings. The van der Waals surface area contributed by atoms with Crippen LogP contribution in [0.4, 0.5) is 13.2 Å². The van der Waals surface area contributed by atoms with E-state index in [4.69, 9.17) is 22.1 Å². The monoisotopic (exact) mass is 231 g/mol. The van der Waals surface area contributed by atoms with Crippen LogP contribution in [0.25, 0.3) is 0 Å². The Morgan fingerprint density at radius 1 is 1.20 bits per heavy atom. The van der Waals surface area contributed by atoms with Crippen molar-refractivity contribution in [1.29, 1.82) is 10.5 Å². The van der Waals surface area contributed by atoms with Crippen LogP contribution in [0.1, 0.15) is 16.8 Å². The number of pyridine rings is 1. The van der Waals surface area contributed by atoms with Gasteiger partial charge in [-0.15, -0.1) is 0 Å². The number of hydrogen-bond donors (Lipinski definition) is 0. The van der Waals surface area contributed by atoms with E-state index >= 15 is 0 Å². The van der Waals surface area contributed by atoms with E-state index in [1.165, 1.54) is 12.1 Å². The van der Waals surface area contributed by atoms with E-state index in [0.717, 1.165) is 6.07 Å². The van der Waals surface area contributed by atoms with Gasteiger partial charge in [-0.2, -0.15) is 23.7 Å². The first-order valence-electron chi connectivity index (χ1n) is 3.48. The van der Waals surface area contributed by atoms with Gasteiger partial charge in [0.15, 0.2) is 5.69 Å². The molecule has 3 nitrogen and oxygen atoms in total. The maximum Gasteiger partial charge on any atom is 0.434 e. The van der Waals surface area contributed by atoms with Crippen LogP contribution in [0, 0.1) is 22.7 Å². The van der Waals surface area contributed by atoms with Gasteiger partial charge < -0.3 is 0 Å². The maximum atomic E-state index is 12.3. The van der Waals surface area contributed by atoms with Gasteiger partial charge in [-0.05, 0) is 6.07 Å². The Labute approximate surface area is 87.3 Å². The zero-order valence-corrected chi connectivity index (χ0v) is 7.69. The lowest BCUT2D eigenvalue weighted by atomic mass is 10.1. The molecule has 7 heteroatoms. The molecule has 0 saturated carbocycles. The number of nitriles is 2. The molecular weight excluding hydrogens is 231 g/mol. The first kappa shape index (κ1) is 11.3. The van der Waals surface area contributed by atoms with Crippen molar-refractivity contribution in [1.82, 2.24) is 4.98 Å². The highest BCUT2D eigenvalue weighted by atomic mass is 35.5. The normalized spacial score (nSPS) is 10.5. The van der Waals surface area contributed by atoms with Gasteiger partial charge in [0.1, 0.15) is 17.3 Å². The smallest absolute Gasteiger partial charge is 0.229 e. The zero-order valence-electron chi connectivity index (χ0n) is 6.93. The summed E-state index contributed by atoms with van der Waals surface area (Å²) in [5.41, 5.74) is -2.36. The lowest BCUT2D eigenvalue weighted by molar-refractivity contribution is -0.141. The number of alkyl halides is 3. The molecule has 0 amide bonds. The molecule has 0 N–H and O–H groups in total. The Morgan fingerprint density at radius 2 is 1.73 bits per heavy atom. The largest absolute Gasteiger partial charge is 0.434 e. The van der Waals surface area contributed by atoms with E-state index in [1.807, 2.05) is 0 Å². The maximum absolute atomic E-state index is 12.3. The summed E-state index contributed by atoms with van der Waals surface area (Å²) in [6, 6.07) is 3.61. The van der Waals surface area contributed by atoms with Crippen LogP contribution in [0.3, 0.4) is 0 Å². The third kappa shape index (κ3) is 2.17. The van der Waals surface area contributed by atoms with E-state index < -0.39 is 22.6 Å². The highest BCUT2D eigenvalue weighted by Crippen LogP contribution is 2.32. The summed E-state index contributed by atoms with van der Waals surface area (Å²) in [7, 11) is 0. The quantitative estimate of drug-likeness (QED) is 0.645. The summed E-state index contributed by atoms with van der Waals surface area (Å²) in [5, 5.41) is 16.4. The second-order valence-electron chi connectivity index (χ2n) is 2.44. The summed E-state index contributed by atoms with van der Waals surface area (Å²) >= 11 is 5.32. The van der Waals surface area contributed by atoms with Gasteiger partial charge in [-0.25, -0.2) is 4.98 Å². The van der Waals surface area contributed by atoms with Crippen molar-refractivity contribution < 1.29 is 13.2 Å². The number of rotatable bonds is 0. The van der Waals surface area contributed by atoms with Crippen molar-refractivity contribution in [3.63, 3.8) is 0 Å². The van der Waals surface area contributed by atoms with Crippen LogP contribution in [-0.4, -0.2) is 4.98 Å². The number of aromatic nitrogens is 1. The molecule has 0 bridgehead atoms. The van der Waals surface area contributed by atoms with Crippen molar-refractivity contribution >= 4 is 11.6 Å². The summed E-state index contributed by atoms with van der Waals surface area (Å²) in [4.78, 5) is 2.98. The Balaban J connectivity index is 3.52. The van der Waals surface area contributed by atoms with Gasteiger partial charge >= 0.3 is 6.18 Å². The van der Waals surface area contributed by atoms with Crippen LogP contribution in [0.5, 0.6) is 0 Å². The van der Waals surface area contributed by atoms with Gasteiger partial charge in [0.25, 0.3) is 0 Å². The lowest BCUT2D eigenvalue weighted by Gasteiger charge is -2.07. The van der Waals surface area contributed by atoms with E-state index in [-0.39, 0.29) is 5.56 Å². The molecule has 1 rings (SSSR count). The van der Waals surface area contributed by atoms with E-state index in [2.05, 4.69) is 4.98 Å². The molecule has 15 heavy (non-hydrogen) atoms. The molecule has 0 saturated heterocycles. The van der Waals surface area contributed by atoms with E-state index in [0.29, 0.717) is 0 Å². The van der Waals surface area contributed by atoms with Crippen LogP contribution in [0.2, 0.25) is 5.15 Å². The molecule has 0 atom stereocenters. The molecule has 1 aromatic heterocycles. The third-order valence-electron chi connectivity index (χ3n) is 1.49. The molecule has 0 aliphatic heterocycles. The van der Waals surface area contributed by atoms with Crippen molar-refractivity contribution in [2.45, 2.75) is 6.18 Å². The average Bonchev–Trinajstić information content (AvgIpc) is 2.16. The number of nitrogens with zero attached hydrogens (tertiary/aromatic N) is 3. The molecule has 0 radical (unpaired) electrons. The minimum absolute atomic E-state index is 0.263. The predicted octanol–water partition coefficient (Wildman–Crippen LogP) is 2.50. The van der Waals surface area contributed by atoms with Crippen molar-refractivity contribution in [2.24, 2.45) is 0 Å². The molecule has 0 aliphatic carbocycles. The standard InChI is InChI=1S/C8HClF3N3/c9-7-5(3-14)1-4(2-13)6(15-7)8(10,11)12/h1H. The van der Waals surface area contributed by atoms with E-state index in [1.54, 1.807) is 0 Å². The minimum Gasteiger partial charge on any atom is -0.229 e. The molecule has 1 heterocycles. The topological polar surface area (TPSA) is 60.5 Å². The van der Waals surface area contributed by atoms with Gasteiger partial charge in [-0.1, -0.05) is 11.6 Å². The number of halogens is 4. The summed E-state index contributed by atoms with van der Waals surface area (Å²) < 4.78 is 36.9. The Morgan fingerprint density at radius 3 is 2.13 bits per heavy atom. The molecule has 0 spiro atoms. The van der Waals surface area contributed by atoms with Crippen LogP contribution < -0.4 is 0 Å². The fraction of sp³-hybridized carbons (Fsp3) is 0.125. The second kappa shape index (κ2) is 3.76. The Hall–Kier alpha value is -1.79. The predicted molar refractivity (Wildman–Crippen MR) is 43.7 cm³/mol. The molecule has 0 unspecified atom stereocenters. The molecule has 1 aromatic rings. The second-order valence-corrected chi connectivity index (χ2v) is 2.80. The van der Waals surface area contributed by atoms with Gasteiger partial charge in [0.2, 0.25) is 0 Å². The minimum atomic E-state index is -4.76. The highest BCUT2D eigenvalue weighted by Gasteiger charge is 2.36. The van der Waals surface area contributed by atoms with Gasteiger partial charge in [-0.3, -0.25) is 0 Å². The summed E-state index contributed by atoms with van der Waals surface area (Å²) in [6.45, 7) is 0. The van der Waals surface area contributed by atoms with Crippen LogP contribution >= 0.6 is 11.6 Å². The van der Waals surface area contributed by atoms with Crippen molar-refractivity contribution in [3.8, 4) is 12.1 Å². The number of hydrogen-bond acceptors (Lipinski definition) is 3. The first-order valence-corrected chi connectivity index (χ1v) is 3.86. The summed E-state index contributed by atoms with van der Waals surface area (Å²) in [5.74, 6) is 0. The Kier molecular flexibility index (Phi) is 2.83. The van der Waals surface area contributed by atoms with Crippen LogP contribution in [-0.2, 0) is 6.18 Å². The SMILES string of the molecule is N#Cc1cc(C#N)c(C(F)(F)F)nc1Cl. The molecule has 0 aromatic carbocycles. The fourth-order valence-corrected chi connectivity index (χ4v) is 1.05. The average molecular weight is 232 g/mol. The Bertz CT molecular complexity index is 482. The molecular formula is C8HClF3N3. The fourth-order valence-electron chi connectivity index (χ4n) is 0.871. The first-order chi connectivity index (χ1) is 6.90. The highest BCUT2D eigenvalue weighted by molar-refractivity contribution is 6.30.